The molecule has 6 nitrogen and oxygen atoms in total. The molecule has 1 aromatic heterocycles. The Hall–Kier alpha value is -2.86. The van der Waals surface area contributed by atoms with Gasteiger partial charge in [-0.2, -0.15) is 0 Å². The molecule has 4 rings (SSSR count). The molecule has 0 bridgehead atoms. The summed E-state index contributed by atoms with van der Waals surface area (Å²) in [6, 6.07) is 15.7. The molecule has 1 aliphatic rings. The number of aromatic nitrogens is 2. The van der Waals surface area contributed by atoms with Crippen LogP contribution < -0.4 is 9.64 Å². The van der Waals surface area contributed by atoms with Crippen LogP contribution in [-0.2, 0) is 16.1 Å². The monoisotopic (exact) mass is 365 g/mol. The second-order valence-electron chi connectivity index (χ2n) is 6.71. The fourth-order valence-electron chi connectivity index (χ4n) is 3.72. The normalized spacial score (nSPS) is 17.0. The third-order valence-electron chi connectivity index (χ3n) is 5.08. The van der Waals surface area contributed by atoms with Crippen LogP contribution in [0.5, 0.6) is 5.75 Å². The summed E-state index contributed by atoms with van der Waals surface area (Å²) in [5.41, 5.74) is 2.93. The van der Waals surface area contributed by atoms with Crippen molar-refractivity contribution in [1.29, 1.82) is 0 Å². The maximum absolute atomic E-state index is 12.7. The first-order chi connectivity index (χ1) is 13.2. The van der Waals surface area contributed by atoms with Crippen molar-refractivity contribution in [2.24, 2.45) is 0 Å². The number of carbonyl (C=O) groups is 1. The molecule has 6 heteroatoms. The summed E-state index contributed by atoms with van der Waals surface area (Å²) in [4.78, 5) is 19.4. The Bertz CT molecular complexity index is 949. The van der Waals surface area contributed by atoms with Gasteiger partial charge in [-0.1, -0.05) is 12.1 Å². The Morgan fingerprint density at radius 1 is 1.11 bits per heavy atom. The molecule has 0 aliphatic carbocycles. The minimum absolute atomic E-state index is 0.0591. The number of rotatable bonds is 6. The van der Waals surface area contributed by atoms with Crippen molar-refractivity contribution >= 4 is 22.6 Å². The highest BCUT2D eigenvalue weighted by atomic mass is 16.5. The van der Waals surface area contributed by atoms with E-state index in [0.717, 1.165) is 34.8 Å². The Morgan fingerprint density at radius 3 is 2.63 bits per heavy atom. The van der Waals surface area contributed by atoms with E-state index < -0.39 is 0 Å². The lowest BCUT2D eigenvalue weighted by molar-refractivity contribution is -0.117. The number of ether oxygens (including phenoxy) is 2. The number of imidazole rings is 1. The van der Waals surface area contributed by atoms with E-state index >= 15 is 0 Å². The lowest BCUT2D eigenvalue weighted by atomic mass is 10.1. The maximum atomic E-state index is 12.7. The lowest BCUT2D eigenvalue weighted by Crippen LogP contribution is -2.24. The number of anilines is 1. The van der Waals surface area contributed by atoms with Crippen molar-refractivity contribution in [3.63, 3.8) is 0 Å². The van der Waals surface area contributed by atoms with Crippen molar-refractivity contribution < 1.29 is 14.3 Å². The van der Waals surface area contributed by atoms with E-state index in [9.17, 15) is 4.79 Å². The first-order valence-electron chi connectivity index (χ1n) is 9.09. The number of methoxy groups -OCH3 is 2. The predicted octanol–water partition coefficient (Wildman–Crippen LogP) is 3.21. The zero-order valence-electron chi connectivity index (χ0n) is 15.6. The van der Waals surface area contributed by atoms with Gasteiger partial charge >= 0.3 is 0 Å². The van der Waals surface area contributed by atoms with E-state index in [0.29, 0.717) is 19.6 Å². The molecule has 140 valence electrons. The van der Waals surface area contributed by atoms with Crippen molar-refractivity contribution in [2.45, 2.75) is 18.9 Å². The molecule has 2 heterocycles. The average Bonchev–Trinajstić information content (AvgIpc) is 3.27. The van der Waals surface area contributed by atoms with Gasteiger partial charge in [0.25, 0.3) is 0 Å². The molecule has 1 saturated heterocycles. The van der Waals surface area contributed by atoms with Crippen LogP contribution in [0.15, 0.2) is 48.5 Å². The molecule has 0 saturated carbocycles. The van der Waals surface area contributed by atoms with E-state index in [-0.39, 0.29) is 11.8 Å². The van der Waals surface area contributed by atoms with E-state index in [1.54, 1.807) is 14.2 Å². The third-order valence-corrected chi connectivity index (χ3v) is 5.08. The van der Waals surface area contributed by atoms with Gasteiger partial charge in [0, 0.05) is 38.2 Å². The van der Waals surface area contributed by atoms with Gasteiger partial charge in [0.2, 0.25) is 5.91 Å². The van der Waals surface area contributed by atoms with Gasteiger partial charge in [0.15, 0.2) is 0 Å². The molecule has 3 aromatic rings. The molecule has 2 aromatic carbocycles. The highest BCUT2D eigenvalue weighted by Gasteiger charge is 2.34. The number of carbonyl (C=O) groups excluding carboxylic acids is 1. The zero-order valence-corrected chi connectivity index (χ0v) is 15.6. The summed E-state index contributed by atoms with van der Waals surface area (Å²) in [6.07, 6.45) is 0.461. The standard InChI is InChI=1S/C21H23N3O3/c1-26-12-11-23-19-6-4-3-5-18(19)22-21(23)15-13-20(25)24(14-15)16-7-9-17(27-2)10-8-16/h3-10,15H,11-14H2,1-2H3. The van der Waals surface area contributed by atoms with Crippen LogP contribution in [0.2, 0.25) is 0 Å². The Morgan fingerprint density at radius 2 is 1.89 bits per heavy atom. The average molecular weight is 365 g/mol. The molecule has 1 amide bonds. The number of fused-ring (bicyclic) bond motifs is 1. The minimum Gasteiger partial charge on any atom is -0.497 e. The van der Waals surface area contributed by atoms with Crippen molar-refractivity contribution in [3.8, 4) is 5.75 Å². The van der Waals surface area contributed by atoms with Gasteiger partial charge in [-0.15, -0.1) is 0 Å². The summed E-state index contributed by atoms with van der Waals surface area (Å²) in [5.74, 6) is 1.92. The van der Waals surface area contributed by atoms with Gasteiger partial charge in [-0.05, 0) is 36.4 Å². The third kappa shape index (κ3) is 3.28. The quantitative estimate of drug-likeness (QED) is 0.673. The Labute approximate surface area is 158 Å². The van der Waals surface area contributed by atoms with Crippen LogP contribution >= 0.6 is 0 Å². The summed E-state index contributed by atoms with van der Waals surface area (Å²) < 4.78 is 12.7. The predicted molar refractivity (Wildman–Crippen MR) is 104 cm³/mol. The topological polar surface area (TPSA) is 56.6 Å². The smallest absolute Gasteiger partial charge is 0.227 e. The van der Waals surface area contributed by atoms with Gasteiger partial charge in [-0.3, -0.25) is 4.79 Å². The van der Waals surface area contributed by atoms with E-state index in [1.165, 1.54) is 0 Å². The molecule has 1 unspecified atom stereocenters. The van der Waals surface area contributed by atoms with Crippen LogP contribution in [0.4, 0.5) is 5.69 Å². The van der Waals surface area contributed by atoms with E-state index in [2.05, 4.69) is 10.6 Å². The fraction of sp³-hybridized carbons (Fsp3) is 0.333. The molecular formula is C21H23N3O3. The van der Waals surface area contributed by atoms with E-state index in [4.69, 9.17) is 14.5 Å². The van der Waals surface area contributed by atoms with Crippen molar-refractivity contribution in [2.75, 3.05) is 32.3 Å². The summed E-state index contributed by atoms with van der Waals surface area (Å²) in [5, 5.41) is 0. The van der Waals surface area contributed by atoms with Gasteiger partial charge in [0.1, 0.15) is 11.6 Å². The zero-order chi connectivity index (χ0) is 18.8. The Balaban J connectivity index is 1.65. The van der Waals surface area contributed by atoms with E-state index in [1.807, 2.05) is 47.4 Å². The number of benzene rings is 2. The number of nitrogens with zero attached hydrogens (tertiary/aromatic N) is 3. The minimum atomic E-state index is 0.0591. The van der Waals surface area contributed by atoms with Crippen LogP contribution in [0, 0.1) is 0 Å². The summed E-state index contributed by atoms with van der Waals surface area (Å²) in [7, 11) is 3.33. The maximum Gasteiger partial charge on any atom is 0.227 e. The first kappa shape index (κ1) is 17.5. The van der Waals surface area contributed by atoms with Crippen molar-refractivity contribution in [1.82, 2.24) is 9.55 Å². The largest absolute Gasteiger partial charge is 0.497 e. The van der Waals surface area contributed by atoms with Gasteiger partial charge in [0.05, 0.1) is 24.8 Å². The molecule has 27 heavy (non-hydrogen) atoms. The van der Waals surface area contributed by atoms with Gasteiger partial charge in [-0.25, -0.2) is 4.98 Å². The van der Waals surface area contributed by atoms with Crippen molar-refractivity contribution in [3.05, 3.63) is 54.4 Å². The highest BCUT2D eigenvalue weighted by Crippen LogP contribution is 2.33. The number of para-hydroxylation sites is 2. The second kappa shape index (κ2) is 7.40. The SMILES string of the molecule is COCCn1c(C2CC(=O)N(c3ccc(OC)cc3)C2)nc2ccccc21. The highest BCUT2D eigenvalue weighted by molar-refractivity contribution is 5.96. The van der Waals surface area contributed by atoms with Crippen LogP contribution in [-0.4, -0.2) is 42.8 Å². The number of hydrogen-bond donors (Lipinski definition) is 0. The molecule has 1 atom stereocenters. The van der Waals surface area contributed by atoms with Crippen LogP contribution in [0.3, 0.4) is 0 Å². The number of amides is 1. The molecule has 1 fully saturated rings. The molecule has 0 radical (unpaired) electrons. The summed E-state index contributed by atoms with van der Waals surface area (Å²) in [6.45, 7) is 1.96. The molecule has 0 N–H and O–H groups in total. The van der Waals surface area contributed by atoms with Crippen LogP contribution in [0.25, 0.3) is 11.0 Å². The fourth-order valence-corrected chi connectivity index (χ4v) is 3.72. The van der Waals surface area contributed by atoms with Gasteiger partial charge < -0.3 is 18.9 Å². The first-order valence-corrected chi connectivity index (χ1v) is 9.09. The lowest BCUT2D eigenvalue weighted by Gasteiger charge is -2.17. The second-order valence-corrected chi connectivity index (χ2v) is 6.71. The molecule has 1 aliphatic heterocycles. The summed E-state index contributed by atoms with van der Waals surface area (Å²) >= 11 is 0. The van der Waals surface area contributed by atoms with Crippen LogP contribution in [0.1, 0.15) is 18.2 Å². The Kier molecular flexibility index (Phi) is 4.81. The molecule has 0 spiro atoms. The number of hydrogen-bond acceptors (Lipinski definition) is 4. The molecular weight excluding hydrogens is 342 g/mol.